The molecule has 1 atom stereocenters. The first-order valence-corrected chi connectivity index (χ1v) is 7.33. The number of carboxylic acids is 1. The summed E-state index contributed by atoms with van der Waals surface area (Å²) in [6, 6.07) is 1.55. The van der Waals surface area contributed by atoms with Gasteiger partial charge in [0.2, 0.25) is 0 Å². The Kier molecular flexibility index (Phi) is 3.31. The molecule has 1 fully saturated rings. The van der Waals surface area contributed by atoms with E-state index in [1.807, 2.05) is 5.38 Å². The lowest BCUT2D eigenvalue weighted by molar-refractivity contribution is -0.145. The van der Waals surface area contributed by atoms with Gasteiger partial charge in [-0.25, -0.2) is 4.98 Å². The van der Waals surface area contributed by atoms with Crippen LogP contribution in [0.2, 0.25) is 0 Å². The number of aromatic nitrogens is 2. The van der Waals surface area contributed by atoms with Crippen LogP contribution < -0.4 is 5.56 Å². The van der Waals surface area contributed by atoms with Crippen molar-refractivity contribution >= 4 is 22.3 Å². The Morgan fingerprint density at radius 1 is 1.60 bits per heavy atom. The molecule has 2 aromatic heterocycles. The number of fused-ring (bicyclic) bond motifs is 1. The number of hydrogen-bond acceptors (Lipinski definition) is 5. The minimum Gasteiger partial charge on any atom is -0.481 e. The van der Waals surface area contributed by atoms with Gasteiger partial charge in [-0.05, 0) is 5.92 Å². The molecule has 1 aliphatic rings. The van der Waals surface area contributed by atoms with Gasteiger partial charge in [0.15, 0.2) is 4.96 Å². The van der Waals surface area contributed by atoms with Gasteiger partial charge in [-0.3, -0.25) is 18.9 Å². The Morgan fingerprint density at radius 2 is 2.35 bits per heavy atom. The summed E-state index contributed by atoms with van der Waals surface area (Å²) in [4.78, 5) is 30.0. The van der Waals surface area contributed by atoms with Gasteiger partial charge in [-0.15, -0.1) is 11.3 Å². The first-order valence-electron chi connectivity index (χ1n) is 6.45. The smallest absolute Gasteiger partial charge is 0.306 e. The van der Waals surface area contributed by atoms with E-state index >= 15 is 0 Å². The topological polar surface area (TPSA) is 74.9 Å². The van der Waals surface area contributed by atoms with Crippen molar-refractivity contribution in [2.75, 3.05) is 13.1 Å². The summed E-state index contributed by atoms with van der Waals surface area (Å²) in [7, 11) is 0. The highest BCUT2D eigenvalue weighted by molar-refractivity contribution is 7.15. The number of carbonyl (C=O) groups is 1. The Labute approximate surface area is 119 Å². The molecule has 3 rings (SSSR count). The minimum absolute atomic E-state index is 0.0674. The Hall–Kier alpha value is -1.73. The summed E-state index contributed by atoms with van der Waals surface area (Å²) in [5.41, 5.74) is 0.682. The van der Waals surface area contributed by atoms with Crippen LogP contribution in [0.3, 0.4) is 0 Å². The van der Waals surface area contributed by atoms with Crippen molar-refractivity contribution in [3.8, 4) is 0 Å². The first kappa shape index (κ1) is 13.3. The normalized spacial score (nSPS) is 18.1. The van der Waals surface area contributed by atoms with Crippen LogP contribution in [0.5, 0.6) is 0 Å². The van der Waals surface area contributed by atoms with E-state index in [4.69, 9.17) is 5.11 Å². The SMILES string of the molecule is CC(C(=O)O)C1CN(Cc2cc(=O)n3ccsc3n2)C1. The molecule has 0 amide bonds. The van der Waals surface area contributed by atoms with Crippen LogP contribution in [0.25, 0.3) is 4.96 Å². The molecule has 0 saturated carbocycles. The number of hydrogen-bond donors (Lipinski definition) is 1. The van der Waals surface area contributed by atoms with Crippen LogP contribution in [0.1, 0.15) is 12.6 Å². The second kappa shape index (κ2) is 4.99. The third kappa shape index (κ3) is 2.34. The second-order valence-corrected chi connectivity index (χ2v) is 6.10. The van der Waals surface area contributed by atoms with E-state index in [2.05, 4.69) is 9.88 Å². The molecule has 1 unspecified atom stereocenters. The van der Waals surface area contributed by atoms with Crippen molar-refractivity contribution in [3.05, 3.63) is 33.7 Å². The number of carboxylic acid groups (broad SMARTS) is 1. The number of aliphatic carboxylic acids is 1. The molecule has 0 aliphatic carbocycles. The molecular formula is C13H15N3O3S. The number of thiazole rings is 1. The standard InChI is InChI=1S/C13H15N3O3S/c1-8(12(18)19)9-5-15(6-9)7-10-4-11(17)16-2-3-20-13(16)14-10/h2-4,8-9H,5-7H2,1H3,(H,18,19). The van der Waals surface area contributed by atoms with E-state index in [-0.39, 0.29) is 17.4 Å². The van der Waals surface area contributed by atoms with Crippen molar-refractivity contribution < 1.29 is 9.90 Å². The van der Waals surface area contributed by atoms with Crippen LogP contribution in [0.15, 0.2) is 22.4 Å². The third-order valence-electron chi connectivity index (χ3n) is 3.82. The number of nitrogens with zero attached hydrogens (tertiary/aromatic N) is 3. The zero-order valence-electron chi connectivity index (χ0n) is 11.0. The molecular weight excluding hydrogens is 278 g/mol. The van der Waals surface area contributed by atoms with Crippen molar-refractivity contribution in [3.63, 3.8) is 0 Å². The fourth-order valence-electron chi connectivity index (χ4n) is 2.45. The molecule has 1 saturated heterocycles. The van der Waals surface area contributed by atoms with Crippen molar-refractivity contribution in [1.82, 2.24) is 14.3 Å². The van der Waals surface area contributed by atoms with Gasteiger partial charge in [0.25, 0.3) is 5.56 Å². The lowest BCUT2D eigenvalue weighted by atomic mass is 9.87. The average molecular weight is 293 g/mol. The average Bonchev–Trinajstić information content (AvgIpc) is 2.81. The van der Waals surface area contributed by atoms with Gasteiger partial charge in [0, 0.05) is 37.3 Å². The molecule has 20 heavy (non-hydrogen) atoms. The Bertz CT molecular complexity index is 702. The summed E-state index contributed by atoms with van der Waals surface area (Å²) in [6.45, 7) is 3.84. The highest BCUT2D eigenvalue weighted by Gasteiger charge is 2.34. The maximum Gasteiger partial charge on any atom is 0.306 e. The van der Waals surface area contributed by atoms with Crippen molar-refractivity contribution in [1.29, 1.82) is 0 Å². The van der Waals surface area contributed by atoms with Gasteiger partial charge in [-0.2, -0.15) is 0 Å². The predicted molar refractivity (Wildman–Crippen MR) is 74.9 cm³/mol. The van der Waals surface area contributed by atoms with Crippen LogP contribution in [-0.4, -0.2) is 38.4 Å². The molecule has 6 nitrogen and oxygen atoms in total. The van der Waals surface area contributed by atoms with E-state index in [1.165, 1.54) is 15.7 Å². The molecule has 0 spiro atoms. The molecule has 2 aromatic rings. The highest BCUT2D eigenvalue weighted by atomic mass is 32.1. The fourth-order valence-corrected chi connectivity index (χ4v) is 3.19. The molecule has 3 heterocycles. The molecule has 1 N–H and O–H groups in total. The van der Waals surface area contributed by atoms with Crippen molar-refractivity contribution in [2.45, 2.75) is 13.5 Å². The maximum atomic E-state index is 11.8. The van der Waals surface area contributed by atoms with E-state index in [0.29, 0.717) is 11.5 Å². The van der Waals surface area contributed by atoms with Crippen LogP contribution in [0.4, 0.5) is 0 Å². The van der Waals surface area contributed by atoms with E-state index in [0.717, 1.165) is 18.8 Å². The quantitative estimate of drug-likeness (QED) is 0.907. The maximum absolute atomic E-state index is 11.8. The monoisotopic (exact) mass is 293 g/mol. The summed E-state index contributed by atoms with van der Waals surface area (Å²) in [5.74, 6) is -0.866. The van der Waals surface area contributed by atoms with Crippen molar-refractivity contribution in [2.24, 2.45) is 11.8 Å². The minimum atomic E-state index is -0.744. The third-order valence-corrected chi connectivity index (χ3v) is 4.58. The first-order chi connectivity index (χ1) is 9.54. The molecule has 0 radical (unpaired) electrons. The van der Waals surface area contributed by atoms with Gasteiger partial charge < -0.3 is 5.11 Å². The zero-order valence-corrected chi connectivity index (χ0v) is 11.8. The summed E-state index contributed by atoms with van der Waals surface area (Å²) in [6.07, 6.45) is 1.72. The van der Waals surface area contributed by atoms with Crippen LogP contribution >= 0.6 is 11.3 Å². The number of likely N-dealkylation sites (tertiary alicyclic amines) is 1. The van der Waals surface area contributed by atoms with Crippen LogP contribution in [-0.2, 0) is 11.3 Å². The highest BCUT2D eigenvalue weighted by Crippen LogP contribution is 2.25. The largest absolute Gasteiger partial charge is 0.481 e. The van der Waals surface area contributed by atoms with E-state index < -0.39 is 5.97 Å². The Balaban J connectivity index is 1.67. The predicted octanol–water partition coefficient (Wildman–Crippen LogP) is 0.908. The molecule has 1 aliphatic heterocycles. The van der Waals surface area contributed by atoms with E-state index in [9.17, 15) is 9.59 Å². The lowest BCUT2D eigenvalue weighted by Gasteiger charge is -2.41. The summed E-state index contributed by atoms with van der Waals surface area (Å²) in [5, 5.41) is 10.8. The fraction of sp³-hybridized carbons (Fsp3) is 0.462. The molecule has 7 heteroatoms. The lowest BCUT2D eigenvalue weighted by Crippen LogP contribution is -2.50. The Morgan fingerprint density at radius 3 is 3.05 bits per heavy atom. The summed E-state index contributed by atoms with van der Waals surface area (Å²) < 4.78 is 1.53. The second-order valence-electron chi connectivity index (χ2n) is 5.22. The van der Waals surface area contributed by atoms with Gasteiger partial charge >= 0.3 is 5.97 Å². The van der Waals surface area contributed by atoms with Gasteiger partial charge in [0.1, 0.15) is 0 Å². The van der Waals surface area contributed by atoms with Gasteiger partial charge in [0.05, 0.1) is 11.6 Å². The molecule has 106 valence electrons. The number of rotatable bonds is 4. The zero-order chi connectivity index (χ0) is 14.3. The molecule has 0 bridgehead atoms. The van der Waals surface area contributed by atoms with Gasteiger partial charge in [-0.1, -0.05) is 6.92 Å². The van der Waals surface area contributed by atoms with Crippen LogP contribution in [0, 0.1) is 11.8 Å². The van der Waals surface area contributed by atoms with E-state index in [1.54, 1.807) is 19.2 Å². The summed E-state index contributed by atoms with van der Waals surface area (Å²) >= 11 is 1.43. The molecule has 0 aromatic carbocycles.